The fourth-order valence-corrected chi connectivity index (χ4v) is 2.37. The average molecular weight is 288 g/mol. The van der Waals surface area contributed by atoms with Crippen molar-refractivity contribution in [3.8, 4) is 0 Å². The van der Waals surface area contributed by atoms with Crippen LogP contribution >= 0.6 is 0 Å². The number of nitrogens with zero attached hydrogens (tertiary/aromatic N) is 1. The Morgan fingerprint density at radius 2 is 1.90 bits per heavy atom. The van der Waals surface area contributed by atoms with E-state index in [9.17, 15) is 9.59 Å². The molecule has 1 N–H and O–H groups in total. The summed E-state index contributed by atoms with van der Waals surface area (Å²) in [5.74, 6) is 0.657. The Morgan fingerprint density at radius 3 is 2.43 bits per heavy atom. The van der Waals surface area contributed by atoms with E-state index < -0.39 is 0 Å². The standard InChI is InChI=1S/C17H24N2O2/c1-12(2)13(3)18-16(20)11-14-6-8-15(9-7-14)19-10-4-5-17(19)21/h6-9,12-13H,4-5,10-11H2,1-3H3,(H,18,20)/t13-/m0/s1. The van der Waals surface area contributed by atoms with Crippen LogP contribution in [-0.2, 0) is 16.0 Å². The first-order valence-corrected chi connectivity index (χ1v) is 7.66. The molecule has 1 aliphatic rings. The second-order valence-corrected chi connectivity index (χ2v) is 6.09. The van der Waals surface area contributed by atoms with E-state index in [0.717, 1.165) is 24.2 Å². The fourth-order valence-electron chi connectivity index (χ4n) is 2.37. The second-order valence-electron chi connectivity index (χ2n) is 6.09. The van der Waals surface area contributed by atoms with Crippen molar-refractivity contribution in [3.05, 3.63) is 29.8 Å². The van der Waals surface area contributed by atoms with Gasteiger partial charge in [0.2, 0.25) is 11.8 Å². The molecule has 0 aliphatic carbocycles. The topological polar surface area (TPSA) is 49.4 Å². The molecule has 4 nitrogen and oxygen atoms in total. The lowest BCUT2D eigenvalue weighted by Crippen LogP contribution is -2.37. The zero-order chi connectivity index (χ0) is 15.4. The maximum absolute atomic E-state index is 11.9. The number of nitrogens with one attached hydrogen (secondary N) is 1. The van der Waals surface area contributed by atoms with Gasteiger partial charge in [-0.05, 0) is 37.0 Å². The summed E-state index contributed by atoms with van der Waals surface area (Å²) < 4.78 is 0. The number of hydrogen-bond acceptors (Lipinski definition) is 2. The molecular weight excluding hydrogens is 264 g/mol. The van der Waals surface area contributed by atoms with Gasteiger partial charge in [0, 0.05) is 24.7 Å². The van der Waals surface area contributed by atoms with Gasteiger partial charge in [-0.25, -0.2) is 0 Å². The Morgan fingerprint density at radius 1 is 1.24 bits per heavy atom. The highest BCUT2D eigenvalue weighted by Crippen LogP contribution is 2.21. The highest BCUT2D eigenvalue weighted by atomic mass is 16.2. The molecule has 1 heterocycles. The Bertz CT molecular complexity index is 508. The maximum atomic E-state index is 11.9. The number of rotatable bonds is 5. The summed E-state index contributed by atoms with van der Waals surface area (Å²) in [5.41, 5.74) is 1.90. The first-order chi connectivity index (χ1) is 9.97. The van der Waals surface area contributed by atoms with Crippen LogP contribution < -0.4 is 10.2 Å². The molecule has 2 amide bonds. The van der Waals surface area contributed by atoms with Gasteiger partial charge in [0.15, 0.2) is 0 Å². The quantitative estimate of drug-likeness (QED) is 0.905. The molecule has 2 rings (SSSR count). The van der Waals surface area contributed by atoms with Gasteiger partial charge in [-0.15, -0.1) is 0 Å². The van der Waals surface area contributed by atoms with Crippen LogP contribution in [0.3, 0.4) is 0 Å². The van der Waals surface area contributed by atoms with Gasteiger partial charge in [0.1, 0.15) is 0 Å². The van der Waals surface area contributed by atoms with Gasteiger partial charge in [-0.2, -0.15) is 0 Å². The molecule has 1 atom stereocenters. The molecule has 0 bridgehead atoms. The summed E-state index contributed by atoms with van der Waals surface area (Å²) in [6.45, 7) is 6.99. The van der Waals surface area contributed by atoms with Crippen LogP contribution in [0.15, 0.2) is 24.3 Å². The summed E-state index contributed by atoms with van der Waals surface area (Å²) in [6, 6.07) is 7.90. The molecule has 0 aromatic heterocycles. The van der Waals surface area contributed by atoms with E-state index in [0.29, 0.717) is 18.8 Å². The lowest BCUT2D eigenvalue weighted by Gasteiger charge is -2.18. The molecule has 1 aromatic rings. The smallest absolute Gasteiger partial charge is 0.227 e. The van der Waals surface area contributed by atoms with Crippen LogP contribution in [0.1, 0.15) is 39.2 Å². The van der Waals surface area contributed by atoms with E-state index in [2.05, 4.69) is 19.2 Å². The molecule has 114 valence electrons. The number of amides is 2. The van der Waals surface area contributed by atoms with E-state index in [1.54, 1.807) is 0 Å². The zero-order valence-electron chi connectivity index (χ0n) is 13.1. The summed E-state index contributed by atoms with van der Waals surface area (Å²) in [7, 11) is 0. The molecule has 0 radical (unpaired) electrons. The Kier molecular flexibility index (Phi) is 4.99. The summed E-state index contributed by atoms with van der Waals surface area (Å²) >= 11 is 0. The minimum absolute atomic E-state index is 0.0428. The highest BCUT2D eigenvalue weighted by molar-refractivity contribution is 5.95. The van der Waals surface area contributed by atoms with Crippen LogP contribution in [0.4, 0.5) is 5.69 Å². The van der Waals surface area contributed by atoms with Crippen molar-refractivity contribution in [1.82, 2.24) is 5.32 Å². The first kappa shape index (κ1) is 15.5. The monoisotopic (exact) mass is 288 g/mol. The van der Waals surface area contributed by atoms with Gasteiger partial charge >= 0.3 is 0 Å². The summed E-state index contributed by atoms with van der Waals surface area (Å²) in [6.07, 6.45) is 1.94. The lowest BCUT2D eigenvalue weighted by atomic mass is 10.1. The molecule has 1 fully saturated rings. The number of carbonyl (C=O) groups is 2. The van der Waals surface area contributed by atoms with Crippen molar-refractivity contribution in [3.63, 3.8) is 0 Å². The Hall–Kier alpha value is -1.84. The Balaban J connectivity index is 1.93. The first-order valence-electron chi connectivity index (χ1n) is 7.66. The maximum Gasteiger partial charge on any atom is 0.227 e. The third-order valence-corrected chi connectivity index (χ3v) is 4.07. The number of benzene rings is 1. The molecule has 0 saturated carbocycles. The largest absolute Gasteiger partial charge is 0.353 e. The van der Waals surface area contributed by atoms with Gasteiger partial charge < -0.3 is 10.2 Å². The van der Waals surface area contributed by atoms with E-state index in [4.69, 9.17) is 0 Å². The summed E-state index contributed by atoms with van der Waals surface area (Å²) in [4.78, 5) is 25.4. The predicted molar refractivity (Wildman–Crippen MR) is 84.2 cm³/mol. The van der Waals surface area contributed by atoms with Crippen molar-refractivity contribution in [2.75, 3.05) is 11.4 Å². The second kappa shape index (κ2) is 6.74. The lowest BCUT2D eigenvalue weighted by molar-refractivity contribution is -0.121. The SMILES string of the molecule is CC(C)[C@H](C)NC(=O)Cc1ccc(N2CCCC2=O)cc1. The molecule has 1 aromatic carbocycles. The average Bonchev–Trinajstić information content (AvgIpc) is 2.85. The van der Waals surface area contributed by atoms with Gasteiger partial charge in [0.25, 0.3) is 0 Å². The van der Waals surface area contributed by atoms with E-state index >= 15 is 0 Å². The minimum Gasteiger partial charge on any atom is -0.353 e. The Labute approximate surface area is 126 Å². The molecule has 1 aliphatic heterocycles. The van der Waals surface area contributed by atoms with Crippen LogP contribution in [-0.4, -0.2) is 24.4 Å². The van der Waals surface area contributed by atoms with Crippen LogP contribution in [0.25, 0.3) is 0 Å². The van der Waals surface area contributed by atoms with Gasteiger partial charge in [-0.3, -0.25) is 9.59 Å². The highest BCUT2D eigenvalue weighted by Gasteiger charge is 2.21. The molecule has 0 unspecified atom stereocenters. The molecule has 1 saturated heterocycles. The predicted octanol–water partition coefficient (Wildman–Crippen LogP) is 2.52. The molecule has 0 spiro atoms. The van der Waals surface area contributed by atoms with Crippen LogP contribution in [0.2, 0.25) is 0 Å². The van der Waals surface area contributed by atoms with E-state index in [1.807, 2.05) is 36.1 Å². The van der Waals surface area contributed by atoms with Crippen molar-refractivity contribution >= 4 is 17.5 Å². The van der Waals surface area contributed by atoms with E-state index in [1.165, 1.54) is 0 Å². The molecule has 21 heavy (non-hydrogen) atoms. The van der Waals surface area contributed by atoms with Gasteiger partial charge in [0.05, 0.1) is 6.42 Å². The number of hydrogen-bond donors (Lipinski definition) is 1. The summed E-state index contributed by atoms with van der Waals surface area (Å²) in [5, 5.41) is 3.00. The van der Waals surface area contributed by atoms with Gasteiger partial charge in [-0.1, -0.05) is 26.0 Å². The van der Waals surface area contributed by atoms with Crippen LogP contribution in [0.5, 0.6) is 0 Å². The minimum atomic E-state index is 0.0428. The van der Waals surface area contributed by atoms with E-state index in [-0.39, 0.29) is 17.9 Å². The molecule has 4 heteroatoms. The fraction of sp³-hybridized carbons (Fsp3) is 0.529. The third-order valence-electron chi connectivity index (χ3n) is 4.07. The van der Waals surface area contributed by atoms with Crippen molar-refractivity contribution in [2.45, 2.75) is 46.1 Å². The molecular formula is C17H24N2O2. The van der Waals surface area contributed by atoms with Crippen molar-refractivity contribution in [1.29, 1.82) is 0 Å². The third kappa shape index (κ3) is 4.06. The zero-order valence-corrected chi connectivity index (χ0v) is 13.1. The van der Waals surface area contributed by atoms with Crippen molar-refractivity contribution < 1.29 is 9.59 Å². The number of carbonyl (C=O) groups excluding carboxylic acids is 2. The number of anilines is 1. The van der Waals surface area contributed by atoms with Crippen LogP contribution in [0, 0.1) is 5.92 Å². The van der Waals surface area contributed by atoms with Crippen molar-refractivity contribution in [2.24, 2.45) is 5.92 Å². The normalized spacial score (nSPS) is 16.4.